The summed E-state index contributed by atoms with van der Waals surface area (Å²) in [4.78, 5) is 148. The monoisotopic (exact) mass is 1160 g/mol. The lowest BCUT2D eigenvalue weighted by molar-refractivity contribution is -0.152. The van der Waals surface area contributed by atoms with Crippen molar-refractivity contribution in [2.75, 3.05) is 105 Å². The predicted molar refractivity (Wildman–Crippen MR) is 301 cm³/mol. The van der Waals surface area contributed by atoms with Crippen molar-refractivity contribution in [2.45, 2.75) is 183 Å². The van der Waals surface area contributed by atoms with Crippen LogP contribution in [0.15, 0.2) is 0 Å². The van der Waals surface area contributed by atoms with Gasteiger partial charge >= 0.3 is 0 Å². The number of aliphatic hydroxyl groups is 6. The van der Waals surface area contributed by atoms with E-state index in [1.54, 1.807) is 55.4 Å². The van der Waals surface area contributed by atoms with Crippen molar-refractivity contribution in [2.24, 2.45) is 5.73 Å². The fraction of sp³-hybridized carbons (Fsp3) is 0.815. The highest BCUT2D eigenvalue weighted by atomic mass is 16.3. The molecule has 0 aliphatic rings. The van der Waals surface area contributed by atoms with Crippen molar-refractivity contribution < 1.29 is 78.6 Å². The van der Waals surface area contributed by atoms with Gasteiger partial charge in [0.05, 0.1) is 75.9 Å². The van der Waals surface area contributed by atoms with Gasteiger partial charge in [0, 0.05) is 63.4 Å². The van der Waals surface area contributed by atoms with Crippen LogP contribution in [0.1, 0.15) is 123 Å². The van der Waals surface area contributed by atoms with Gasteiger partial charge in [0.1, 0.15) is 26.2 Å². The largest absolute Gasteiger partial charge is 0.392 e. The van der Waals surface area contributed by atoms with Crippen LogP contribution in [0.2, 0.25) is 0 Å². The Morgan fingerprint density at radius 2 is 0.531 bits per heavy atom. The molecule has 27 nitrogen and oxygen atoms in total. The first-order valence-electron chi connectivity index (χ1n) is 28.3. The topological polar surface area (TPSA) is 359 Å². The molecule has 27 heteroatoms. The summed E-state index contributed by atoms with van der Waals surface area (Å²) in [6.07, 6.45) is -4.85. The molecular weight excluding hydrogens is 1060 g/mol. The summed E-state index contributed by atoms with van der Waals surface area (Å²) in [6.45, 7) is 15.3. The quantitative estimate of drug-likeness (QED) is 0.0303. The lowest BCUT2D eigenvalue weighted by Gasteiger charge is -2.37. The molecule has 81 heavy (non-hydrogen) atoms. The van der Waals surface area contributed by atoms with E-state index < -0.39 is 192 Å². The number of nitrogens with zero attached hydrogens (tertiary/aromatic N) is 9. The van der Waals surface area contributed by atoms with Gasteiger partial charge in [-0.15, -0.1) is 0 Å². The van der Waals surface area contributed by atoms with E-state index >= 15 is 0 Å². The van der Waals surface area contributed by atoms with Gasteiger partial charge < -0.3 is 85.8 Å². The average Bonchev–Trinajstić information content (AvgIpc) is 3.36. The normalized spacial score (nSPS) is 15.0. The Bertz CT molecular complexity index is 2010. The number of nitrogens with two attached hydrogens (primary N) is 1. The Hall–Kier alpha value is -5.58. The van der Waals surface area contributed by atoms with Crippen LogP contribution < -0.4 is 11.1 Å². The fourth-order valence-corrected chi connectivity index (χ4v) is 8.40. The van der Waals surface area contributed by atoms with Gasteiger partial charge in [-0.1, -0.05) is 27.7 Å². The second kappa shape index (κ2) is 38.2. The molecular formula is C54H101N11O16. The number of amides is 10. The highest BCUT2D eigenvalue weighted by Crippen LogP contribution is 2.15. The van der Waals surface area contributed by atoms with Gasteiger partial charge in [-0.05, 0) is 94.9 Å². The number of primary amides is 1. The summed E-state index contributed by atoms with van der Waals surface area (Å²) in [5.41, 5.74) is 5.33. The lowest BCUT2D eigenvalue weighted by Crippen LogP contribution is -2.56. The molecule has 0 rings (SSSR count). The SMILES string of the molecule is CCC(C)N(CC(=O)N(CC(=O)N(CC(=O)N(CC(=O)N(CC(=O)N(CC(=O)N(CC(N)=O)CC(C)O)CC(C)O)C(C)CC)C(C)CC)CC(C)O)CC(C)O)C(=O)CN(C(=O)CN(CC(C)O)C(=O)CNCC(C)O)C(C)CC. The van der Waals surface area contributed by atoms with E-state index in [0.29, 0.717) is 25.7 Å². The third-order valence-electron chi connectivity index (χ3n) is 13.5. The van der Waals surface area contributed by atoms with Crippen molar-refractivity contribution in [3.63, 3.8) is 0 Å². The molecule has 10 amide bonds. The third-order valence-corrected chi connectivity index (χ3v) is 13.5. The van der Waals surface area contributed by atoms with E-state index in [1.807, 2.05) is 0 Å². The van der Waals surface area contributed by atoms with E-state index in [-0.39, 0.29) is 32.7 Å². The molecule has 0 heterocycles. The Morgan fingerprint density at radius 3 is 0.765 bits per heavy atom. The van der Waals surface area contributed by atoms with Gasteiger partial charge in [-0.25, -0.2) is 0 Å². The van der Waals surface area contributed by atoms with Gasteiger partial charge in [-0.2, -0.15) is 0 Å². The number of aliphatic hydroxyl groups excluding tert-OH is 6. The van der Waals surface area contributed by atoms with Crippen LogP contribution in [0.3, 0.4) is 0 Å². The Labute approximate surface area is 479 Å². The van der Waals surface area contributed by atoms with E-state index in [1.165, 1.54) is 61.1 Å². The molecule has 10 unspecified atom stereocenters. The smallest absolute Gasteiger partial charge is 0.242 e. The molecule has 0 aromatic heterocycles. The fourth-order valence-electron chi connectivity index (χ4n) is 8.40. The van der Waals surface area contributed by atoms with E-state index in [4.69, 9.17) is 5.73 Å². The summed E-state index contributed by atoms with van der Waals surface area (Å²) >= 11 is 0. The molecule has 0 aliphatic carbocycles. The zero-order valence-electron chi connectivity index (χ0n) is 50.8. The van der Waals surface area contributed by atoms with E-state index in [2.05, 4.69) is 5.32 Å². The molecule has 9 N–H and O–H groups in total. The van der Waals surface area contributed by atoms with Crippen molar-refractivity contribution in [1.82, 2.24) is 49.4 Å². The molecule has 0 spiro atoms. The Balaban J connectivity index is 6.86. The molecule has 10 atom stereocenters. The van der Waals surface area contributed by atoms with Crippen LogP contribution in [-0.2, 0) is 47.9 Å². The Kier molecular flexibility index (Phi) is 35.6. The average molecular weight is 1160 g/mol. The number of carbonyl (C=O) groups excluding carboxylic acids is 10. The van der Waals surface area contributed by atoms with Crippen LogP contribution in [0, 0.1) is 0 Å². The molecule has 468 valence electrons. The lowest BCUT2D eigenvalue weighted by atomic mass is 10.1. The van der Waals surface area contributed by atoms with Gasteiger partial charge in [0.25, 0.3) is 0 Å². The number of hydrogen-bond acceptors (Lipinski definition) is 17. The third kappa shape index (κ3) is 28.8. The zero-order chi connectivity index (χ0) is 62.6. The molecule has 0 aromatic rings. The molecule has 0 bridgehead atoms. The molecule has 0 saturated carbocycles. The summed E-state index contributed by atoms with van der Waals surface area (Å²) in [5.74, 6) is -7.14. The van der Waals surface area contributed by atoms with Gasteiger partial charge in [0.15, 0.2) is 0 Å². The molecule has 0 radical (unpaired) electrons. The van der Waals surface area contributed by atoms with Crippen LogP contribution in [0.25, 0.3) is 0 Å². The second-order valence-corrected chi connectivity index (χ2v) is 21.7. The van der Waals surface area contributed by atoms with E-state index in [0.717, 1.165) is 24.5 Å². The molecule has 0 saturated heterocycles. The van der Waals surface area contributed by atoms with Crippen molar-refractivity contribution in [1.29, 1.82) is 0 Å². The molecule has 0 aromatic carbocycles. The maximum Gasteiger partial charge on any atom is 0.242 e. The molecule has 0 aliphatic heterocycles. The summed E-state index contributed by atoms with van der Waals surface area (Å²) in [5, 5.41) is 64.1. The molecule has 0 fully saturated rings. The number of carbonyl (C=O) groups is 10. The summed E-state index contributed by atoms with van der Waals surface area (Å²) in [7, 11) is 0. The van der Waals surface area contributed by atoms with Crippen LogP contribution in [0.4, 0.5) is 0 Å². The minimum absolute atomic E-state index is 0.105. The highest BCUT2D eigenvalue weighted by Gasteiger charge is 2.35. The first-order chi connectivity index (χ1) is 37.6. The van der Waals surface area contributed by atoms with Crippen LogP contribution >= 0.6 is 0 Å². The van der Waals surface area contributed by atoms with Crippen LogP contribution in [0.5, 0.6) is 0 Å². The van der Waals surface area contributed by atoms with Crippen molar-refractivity contribution in [3.05, 3.63) is 0 Å². The van der Waals surface area contributed by atoms with E-state index in [9.17, 15) is 78.6 Å². The number of rotatable bonds is 40. The number of hydrogen-bond donors (Lipinski definition) is 8. The predicted octanol–water partition coefficient (Wildman–Crippen LogP) is -3.00. The zero-order valence-corrected chi connectivity index (χ0v) is 50.8. The minimum atomic E-state index is -1.20. The minimum Gasteiger partial charge on any atom is -0.392 e. The van der Waals surface area contributed by atoms with Gasteiger partial charge in [-0.3, -0.25) is 47.9 Å². The number of nitrogens with one attached hydrogen (secondary N) is 1. The standard InChI is InChI=1S/C54H101N11O16/c1-15-35(5)62(31-49(76)59(23-42(12)69)27-47(74)57(21-40(10)67)26-45(55)72)54(81)34-65(38(8)18-4)52(79)30-61(25-44(14)71)48(75)28-60(24-43(13)70)50(77)32-63(36(6)16-2)53(80)33-64(37(7)17-3)51(78)29-58(22-41(11)68)46(73)20-56-19-39(9)66/h35-44,56,66-71H,15-34H2,1-14H3,(H2,55,72). The van der Waals surface area contributed by atoms with Crippen LogP contribution in [-0.4, -0.2) is 299 Å². The van der Waals surface area contributed by atoms with Gasteiger partial charge in [0.2, 0.25) is 59.1 Å². The summed E-state index contributed by atoms with van der Waals surface area (Å²) < 4.78 is 0. The summed E-state index contributed by atoms with van der Waals surface area (Å²) in [6, 6.07) is -2.31. The maximum absolute atomic E-state index is 14.4. The first kappa shape index (κ1) is 75.4. The first-order valence-corrected chi connectivity index (χ1v) is 28.3. The maximum atomic E-state index is 14.4. The Morgan fingerprint density at radius 1 is 0.321 bits per heavy atom. The highest BCUT2D eigenvalue weighted by molar-refractivity contribution is 5.94. The second-order valence-electron chi connectivity index (χ2n) is 21.7. The van der Waals surface area contributed by atoms with Crippen molar-refractivity contribution >= 4 is 59.1 Å². The van der Waals surface area contributed by atoms with Crippen molar-refractivity contribution in [3.8, 4) is 0 Å².